The number of hydrogen-bond acceptors (Lipinski definition) is 6. The van der Waals surface area contributed by atoms with Gasteiger partial charge < -0.3 is 5.32 Å². The number of nitrogens with one attached hydrogen (secondary N) is 2. The normalized spacial score (nSPS) is 21.3. The van der Waals surface area contributed by atoms with E-state index in [1.54, 1.807) is 6.07 Å². The predicted molar refractivity (Wildman–Crippen MR) is 80.4 cm³/mol. The van der Waals surface area contributed by atoms with Crippen LogP contribution in [0.1, 0.15) is 19.8 Å². The summed E-state index contributed by atoms with van der Waals surface area (Å²) in [6.45, 7) is 2.34. The fourth-order valence-corrected chi connectivity index (χ4v) is 5.37. The summed E-state index contributed by atoms with van der Waals surface area (Å²) in [7, 11) is -6.96. The van der Waals surface area contributed by atoms with Crippen LogP contribution in [0.15, 0.2) is 23.4 Å². The van der Waals surface area contributed by atoms with E-state index in [0.29, 0.717) is 25.1 Å². The fraction of sp³-hybridized carbons (Fsp3) is 0.583. The van der Waals surface area contributed by atoms with Gasteiger partial charge in [0.15, 0.2) is 9.84 Å². The minimum Gasteiger partial charge on any atom is -0.384 e. The molecule has 1 saturated heterocycles. The maximum absolute atomic E-state index is 12.3. The first-order chi connectivity index (χ1) is 9.87. The molecule has 2 N–H and O–H groups in total. The monoisotopic (exact) mass is 333 g/mol. The molecule has 118 valence electrons. The Morgan fingerprint density at radius 2 is 2.19 bits per heavy atom. The van der Waals surface area contributed by atoms with Crippen molar-refractivity contribution in [1.29, 1.82) is 0 Å². The van der Waals surface area contributed by atoms with E-state index < -0.39 is 25.1 Å². The second-order valence-corrected chi connectivity index (χ2v) is 9.02. The average Bonchev–Trinajstić information content (AvgIpc) is 2.76. The molecule has 1 fully saturated rings. The van der Waals surface area contributed by atoms with Gasteiger partial charge in [-0.3, -0.25) is 4.98 Å². The number of pyridine rings is 1. The first-order valence-electron chi connectivity index (χ1n) is 6.76. The Labute approximate surface area is 125 Å². The van der Waals surface area contributed by atoms with Crippen molar-refractivity contribution in [3.05, 3.63) is 18.5 Å². The van der Waals surface area contributed by atoms with Crippen LogP contribution in [0.4, 0.5) is 5.69 Å². The van der Waals surface area contributed by atoms with Crippen LogP contribution in [-0.4, -0.2) is 45.9 Å². The quantitative estimate of drug-likeness (QED) is 0.779. The summed E-state index contributed by atoms with van der Waals surface area (Å²) in [4.78, 5) is 3.85. The van der Waals surface area contributed by atoms with Crippen LogP contribution >= 0.6 is 0 Å². The van der Waals surface area contributed by atoms with Gasteiger partial charge in [-0.2, -0.15) is 0 Å². The molecule has 0 saturated carbocycles. The van der Waals surface area contributed by atoms with E-state index >= 15 is 0 Å². The maximum Gasteiger partial charge on any atom is 0.244 e. The van der Waals surface area contributed by atoms with E-state index in [0.717, 1.165) is 0 Å². The van der Waals surface area contributed by atoms with Gasteiger partial charge >= 0.3 is 0 Å². The number of sulfone groups is 1. The largest absolute Gasteiger partial charge is 0.384 e. The van der Waals surface area contributed by atoms with Crippen molar-refractivity contribution in [2.24, 2.45) is 0 Å². The molecule has 0 aromatic carbocycles. The zero-order chi connectivity index (χ0) is 15.5. The van der Waals surface area contributed by atoms with Gasteiger partial charge in [0, 0.05) is 25.5 Å². The Balaban J connectivity index is 2.16. The van der Waals surface area contributed by atoms with Crippen LogP contribution in [0.3, 0.4) is 0 Å². The summed E-state index contributed by atoms with van der Waals surface area (Å²) in [5.74, 6) is 0.134. The molecule has 21 heavy (non-hydrogen) atoms. The third-order valence-corrected chi connectivity index (χ3v) is 7.13. The Morgan fingerprint density at radius 1 is 1.43 bits per heavy atom. The van der Waals surface area contributed by atoms with Crippen molar-refractivity contribution < 1.29 is 16.8 Å². The molecule has 1 atom stereocenters. The summed E-state index contributed by atoms with van der Waals surface area (Å²) < 4.78 is 50.5. The molecule has 0 aliphatic carbocycles. The highest BCUT2D eigenvalue weighted by Gasteiger charge is 2.32. The first-order valence-corrected chi connectivity index (χ1v) is 9.96. The standard InChI is InChI=1S/C12H19N3O4S2/c1-2-14-11-5-6-13-9-12(11)21(18,19)15-8-10-4-3-7-20(10,16)17/h5-6,9-10,15H,2-4,7-8H2,1H3,(H,13,14). The van der Waals surface area contributed by atoms with Crippen LogP contribution in [0, 0.1) is 0 Å². The summed E-state index contributed by atoms with van der Waals surface area (Å²) in [5, 5.41) is 2.32. The van der Waals surface area contributed by atoms with Crippen LogP contribution in [0.25, 0.3) is 0 Å². The third kappa shape index (κ3) is 3.72. The van der Waals surface area contributed by atoms with Gasteiger partial charge in [-0.25, -0.2) is 21.6 Å². The molecule has 7 nitrogen and oxygen atoms in total. The smallest absolute Gasteiger partial charge is 0.244 e. The lowest BCUT2D eigenvalue weighted by molar-refractivity contribution is 0.571. The lowest BCUT2D eigenvalue weighted by Crippen LogP contribution is -2.35. The highest BCUT2D eigenvalue weighted by Crippen LogP contribution is 2.22. The van der Waals surface area contributed by atoms with Gasteiger partial charge in [0.1, 0.15) is 4.90 Å². The Morgan fingerprint density at radius 3 is 2.81 bits per heavy atom. The lowest BCUT2D eigenvalue weighted by Gasteiger charge is -2.14. The summed E-state index contributed by atoms with van der Waals surface area (Å²) in [6.07, 6.45) is 3.84. The number of nitrogens with zero attached hydrogens (tertiary/aromatic N) is 1. The van der Waals surface area contributed by atoms with E-state index in [-0.39, 0.29) is 17.2 Å². The van der Waals surface area contributed by atoms with Gasteiger partial charge in [-0.1, -0.05) is 0 Å². The zero-order valence-electron chi connectivity index (χ0n) is 11.7. The number of hydrogen-bond donors (Lipinski definition) is 2. The molecular weight excluding hydrogens is 314 g/mol. The van der Waals surface area contributed by atoms with Crippen molar-refractivity contribution in [2.45, 2.75) is 29.9 Å². The molecule has 0 bridgehead atoms. The summed E-state index contributed by atoms with van der Waals surface area (Å²) in [6, 6.07) is 1.57. The molecule has 1 unspecified atom stereocenters. The number of rotatable bonds is 6. The summed E-state index contributed by atoms with van der Waals surface area (Å²) in [5.41, 5.74) is 0.453. The SMILES string of the molecule is CCNc1ccncc1S(=O)(=O)NCC1CCCS1(=O)=O. The maximum atomic E-state index is 12.3. The van der Waals surface area contributed by atoms with Gasteiger partial charge in [-0.05, 0) is 25.8 Å². The van der Waals surface area contributed by atoms with Crippen molar-refractivity contribution in [3.8, 4) is 0 Å². The average molecular weight is 333 g/mol. The topological polar surface area (TPSA) is 105 Å². The molecule has 0 spiro atoms. The Bertz CT molecular complexity index is 701. The van der Waals surface area contributed by atoms with Crippen LogP contribution < -0.4 is 10.0 Å². The van der Waals surface area contributed by atoms with E-state index in [9.17, 15) is 16.8 Å². The number of sulfonamides is 1. The number of aromatic nitrogens is 1. The second kappa shape index (κ2) is 6.29. The highest BCUT2D eigenvalue weighted by molar-refractivity contribution is 7.92. The molecular formula is C12H19N3O4S2. The van der Waals surface area contributed by atoms with E-state index in [1.807, 2.05) is 6.92 Å². The van der Waals surface area contributed by atoms with E-state index in [2.05, 4.69) is 15.0 Å². The van der Waals surface area contributed by atoms with Gasteiger partial charge in [0.25, 0.3) is 0 Å². The van der Waals surface area contributed by atoms with E-state index in [4.69, 9.17) is 0 Å². The van der Waals surface area contributed by atoms with E-state index in [1.165, 1.54) is 12.4 Å². The molecule has 9 heteroatoms. The molecule has 2 heterocycles. The Hall–Kier alpha value is -1.19. The lowest BCUT2D eigenvalue weighted by atomic mass is 10.2. The Kier molecular flexibility index (Phi) is 4.84. The highest BCUT2D eigenvalue weighted by atomic mass is 32.2. The molecule has 1 aromatic heterocycles. The van der Waals surface area contributed by atoms with Crippen LogP contribution in [-0.2, 0) is 19.9 Å². The van der Waals surface area contributed by atoms with Crippen molar-refractivity contribution in [1.82, 2.24) is 9.71 Å². The number of anilines is 1. The molecule has 1 aliphatic heterocycles. The van der Waals surface area contributed by atoms with Crippen molar-refractivity contribution in [2.75, 3.05) is 24.2 Å². The third-order valence-electron chi connectivity index (χ3n) is 3.41. The summed E-state index contributed by atoms with van der Waals surface area (Å²) >= 11 is 0. The molecule has 0 radical (unpaired) electrons. The van der Waals surface area contributed by atoms with Gasteiger partial charge in [0.2, 0.25) is 10.0 Å². The minimum absolute atomic E-state index is 0.0299. The second-order valence-electron chi connectivity index (χ2n) is 4.89. The van der Waals surface area contributed by atoms with Crippen molar-refractivity contribution >= 4 is 25.5 Å². The molecule has 2 rings (SSSR count). The zero-order valence-corrected chi connectivity index (χ0v) is 13.4. The first kappa shape index (κ1) is 16.2. The fourth-order valence-electron chi connectivity index (χ4n) is 2.30. The van der Waals surface area contributed by atoms with Gasteiger partial charge in [0.05, 0.1) is 16.7 Å². The predicted octanol–water partition coefficient (Wildman–Crippen LogP) is 0.369. The van der Waals surface area contributed by atoms with Crippen LogP contribution in [0.2, 0.25) is 0 Å². The molecule has 1 aliphatic rings. The van der Waals surface area contributed by atoms with Gasteiger partial charge in [-0.15, -0.1) is 0 Å². The van der Waals surface area contributed by atoms with Crippen LogP contribution in [0.5, 0.6) is 0 Å². The van der Waals surface area contributed by atoms with Crippen molar-refractivity contribution in [3.63, 3.8) is 0 Å². The molecule has 0 amide bonds. The minimum atomic E-state index is -3.79. The molecule has 1 aromatic rings.